The lowest BCUT2D eigenvalue weighted by molar-refractivity contribution is -0.137. The van der Waals surface area contributed by atoms with E-state index in [0.717, 1.165) is 11.3 Å². The summed E-state index contributed by atoms with van der Waals surface area (Å²) in [5, 5.41) is 17.8. The fraction of sp³-hybridized carbons (Fsp3) is 0.222. The maximum absolute atomic E-state index is 10.7. The molecule has 0 aliphatic rings. The first-order valence-electron chi connectivity index (χ1n) is 7.09. The second-order valence-corrected chi connectivity index (χ2v) is 4.99. The molecule has 0 saturated heterocycles. The molecule has 2 rings (SSSR count). The minimum Gasteiger partial charge on any atom is -0.497 e. The number of nitrogens with zero attached hydrogens (tertiary/aromatic N) is 1. The van der Waals surface area contributed by atoms with Crippen molar-refractivity contribution in [3.05, 3.63) is 59.7 Å². The molecule has 0 bridgehead atoms. The van der Waals surface area contributed by atoms with E-state index in [0.29, 0.717) is 17.9 Å². The van der Waals surface area contributed by atoms with Gasteiger partial charge in [-0.15, -0.1) is 0 Å². The second kappa shape index (κ2) is 7.85. The van der Waals surface area contributed by atoms with E-state index in [1.807, 2.05) is 30.3 Å². The van der Waals surface area contributed by atoms with Crippen molar-refractivity contribution >= 4 is 5.97 Å². The van der Waals surface area contributed by atoms with Gasteiger partial charge in [-0.1, -0.05) is 24.3 Å². The van der Waals surface area contributed by atoms with Crippen LogP contribution < -0.4 is 9.47 Å². The molecule has 0 radical (unpaired) electrons. The molecule has 0 unspecified atom stereocenters. The zero-order valence-electron chi connectivity index (χ0n) is 12.7. The van der Waals surface area contributed by atoms with Crippen LogP contribution in [0.3, 0.4) is 0 Å². The van der Waals surface area contributed by atoms with Gasteiger partial charge in [-0.25, -0.2) is 0 Å². The van der Waals surface area contributed by atoms with Gasteiger partial charge in [0.15, 0.2) is 0 Å². The zero-order valence-corrected chi connectivity index (χ0v) is 12.7. The summed E-state index contributed by atoms with van der Waals surface area (Å²) in [6.07, 6.45) is -0.206. The van der Waals surface area contributed by atoms with Crippen LogP contribution in [-0.4, -0.2) is 18.2 Å². The number of ether oxygens (including phenoxy) is 2. The molecule has 2 aromatic carbocycles. The fourth-order valence-electron chi connectivity index (χ4n) is 2.10. The Morgan fingerprint density at radius 3 is 2.26 bits per heavy atom. The maximum Gasteiger partial charge on any atom is 0.305 e. The average molecular weight is 311 g/mol. The molecule has 0 spiro atoms. The van der Waals surface area contributed by atoms with Crippen molar-refractivity contribution in [1.82, 2.24) is 0 Å². The Morgan fingerprint density at radius 1 is 1.13 bits per heavy atom. The summed E-state index contributed by atoms with van der Waals surface area (Å²) in [5.41, 5.74) is 1.68. The van der Waals surface area contributed by atoms with Crippen LogP contribution in [-0.2, 0) is 11.4 Å². The van der Waals surface area contributed by atoms with Gasteiger partial charge < -0.3 is 14.6 Å². The number of benzene rings is 2. The van der Waals surface area contributed by atoms with Gasteiger partial charge in [0.25, 0.3) is 0 Å². The highest BCUT2D eigenvalue weighted by Gasteiger charge is 2.14. The highest BCUT2D eigenvalue weighted by Crippen LogP contribution is 2.22. The Balaban J connectivity index is 1.96. The predicted octanol–water partition coefficient (Wildman–Crippen LogP) is 3.36. The van der Waals surface area contributed by atoms with Gasteiger partial charge in [0.05, 0.1) is 25.5 Å². The topological polar surface area (TPSA) is 79.5 Å². The molecule has 0 aliphatic carbocycles. The first-order chi connectivity index (χ1) is 11.1. The van der Waals surface area contributed by atoms with Gasteiger partial charge in [-0.05, 0) is 35.4 Å². The number of nitriles is 1. The van der Waals surface area contributed by atoms with E-state index < -0.39 is 11.9 Å². The van der Waals surface area contributed by atoms with Gasteiger partial charge in [0, 0.05) is 0 Å². The molecular weight excluding hydrogens is 294 g/mol. The number of methoxy groups -OCH3 is 1. The van der Waals surface area contributed by atoms with Gasteiger partial charge in [-0.3, -0.25) is 4.79 Å². The molecule has 1 N–H and O–H groups in total. The third-order valence-electron chi connectivity index (χ3n) is 3.38. The number of aliphatic carboxylic acids is 1. The van der Waals surface area contributed by atoms with Crippen molar-refractivity contribution in [2.75, 3.05) is 7.11 Å². The van der Waals surface area contributed by atoms with E-state index in [-0.39, 0.29) is 6.42 Å². The lowest BCUT2D eigenvalue weighted by atomic mass is 9.97. The fourth-order valence-corrected chi connectivity index (χ4v) is 2.10. The highest BCUT2D eigenvalue weighted by molar-refractivity contribution is 5.68. The third-order valence-corrected chi connectivity index (χ3v) is 3.38. The number of hydrogen-bond acceptors (Lipinski definition) is 4. The van der Waals surface area contributed by atoms with E-state index in [1.54, 1.807) is 31.4 Å². The number of hydrogen-bond donors (Lipinski definition) is 1. The molecule has 0 fully saturated rings. The Morgan fingerprint density at radius 2 is 1.74 bits per heavy atom. The smallest absolute Gasteiger partial charge is 0.305 e. The highest BCUT2D eigenvalue weighted by atomic mass is 16.5. The molecule has 118 valence electrons. The molecule has 23 heavy (non-hydrogen) atoms. The van der Waals surface area contributed by atoms with Crippen molar-refractivity contribution in [3.8, 4) is 17.6 Å². The molecule has 5 heteroatoms. The standard InChI is InChI=1S/C18H17NO4/c1-22-16-6-2-13(3-7-16)12-23-17-8-4-14(5-9-17)15(11-19)10-18(20)21/h2-9,15H,10,12H2,1H3,(H,20,21)/t15-/m0/s1. The van der Waals surface area contributed by atoms with Crippen LogP contribution in [0.15, 0.2) is 48.5 Å². The van der Waals surface area contributed by atoms with Crippen LogP contribution in [0.5, 0.6) is 11.5 Å². The zero-order chi connectivity index (χ0) is 16.7. The Bertz CT molecular complexity index is 686. The van der Waals surface area contributed by atoms with E-state index >= 15 is 0 Å². The molecular formula is C18H17NO4. The summed E-state index contributed by atoms with van der Waals surface area (Å²) in [7, 11) is 1.62. The van der Waals surface area contributed by atoms with Crippen LogP contribution in [0.2, 0.25) is 0 Å². The SMILES string of the molecule is COc1ccc(COc2ccc([C@H](C#N)CC(=O)O)cc2)cc1. The molecule has 2 aromatic rings. The summed E-state index contributed by atoms with van der Waals surface area (Å²) in [5.74, 6) is -0.185. The molecule has 0 aromatic heterocycles. The number of rotatable bonds is 7. The summed E-state index contributed by atoms with van der Waals surface area (Å²) < 4.78 is 10.8. The van der Waals surface area contributed by atoms with Gasteiger partial charge in [0.2, 0.25) is 0 Å². The quantitative estimate of drug-likeness (QED) is 0.848. The monoisotopic (exact) mass is 311 g/mol. The van der Waals surface area contributed by atoms with Crippen molar-refractivity contribution in [1.29, 1.82) is 5.26 Å². The van der Waals surface area contributed by atoms with Gasteiger partial charge in [-0.2, -0.15) is 5.26 Å². The predicted molar refractivity (Wildman–Crippen MR) is 84.4 cm³/mol. The van der Waals surface area contributed by atoms with Crippen molar-refractivity contribution in [2.45, 2.75) is 18.9 Å². The number of carbonyl (C=O) groups is 1. The molecule has 0 amide bonds. The number of carboxylic acids is 1. The second-order valence-electron chi connectivity index (χ2n) is 4.99. The lowest BCUT2D eigenvalue weighted by Crippen LogP contribution is -2.04. The lowest BCUT2D eigenvalue weighted by Gasteiger charge is -2.10. The minimum atomic E-state index is -0.989. The summed E-state index contributed by atoms with van der Waals surface area (Å²) in [6.45, 7) is 0.417. The number of carboxylic acid groups (broad SMARTS) is 1. The van der Waals surface area contributed by atoms with Crippen LogP contribution in [0.1, 0.15) is 23.5 Å². The molecule has 0 aliphatic heterocycles. The average Bonchev–Trinajstić information content (AvgIpc) is 2.58. The first-order valence-corrected chi connectivity index (χ1v) is 7.09. The van der Waals surface area contributed by atoms with Crippen molar-refractivity contribution < 1.29 is 19.4 Å². The summed E-state index contributed by atoms with van der Waals surface area (Å²) in [4.78, 5) is 10.7. The van der Waals surface area contributed by atoms with Gasteiger partial charge in [0.1, 0.15) is 18.1 Å². The van der Waals surface area contributed by atoms with E-state index in [9.17, 15) is 4.79 Å². The Hall–Kier alpha value is -3.00. The van der Waals surface area contributed by atoms with Crippen LogP contribution >= 0.6 is 0 Å². The van der Waals surface area contributed by atoms with E-state index in [4.69, 9.17) is 19.8 Å². The normalized spacial score (nSPS) is 11.3. The largest absolute Gasteiger partial charge is 0.497 e. The van der Waals surface area contributed by atoms with Gasteiger partial charge >= 0.3 is 5.97 Å². The van der Waals surface area contributed by atoms with Crippen LogP contribution in [0.4, 0.5) is 0 Å². The molecule has 0 heterocycles. The van der Waals surface area contributed by atoms with E-state index in [1.165, 1.54) is 0 Å². The Kier molecular flexibility index (Phi) is 5.59. The Labute approximate surface area is 134 Å². The van der Waals surface area contributed by atoms with Crippen LogP contribution in [0, 0.1) is 11.3 Å². The molecule has 1 atom stereocenters. The molecule has 0 saturated carbocycles. The summed E-state index contributed by atoms with van der Waals surface area (Å²) >= 11 is 0. The summed E-state index contributed by atoms with van der Waals surface area (Å²) in [6, 6.07) is 16.5. The van der Waals surface area contributed by atoms with Crippen LogP contribution in [0.25, 0.3) is 0 Å². The van der Waals surface area contributed by atoms with Crippen molar-refractivity contribution in [2.24, 2.45) is 0 Å². The molecule has 5 nitrogen and oxygen atoms in total. The minimum absolute atomic E-state index is 0.206. The maximum atomic E-state index is 10.7. The van der Waals surface area contributed by atoms with Crippen molar-refractivity contribution in [3.63, 3.8) is 0 Å². The third kappa shape index (κ3) is 4.75. The van der Waals surface area contributed by atoms with E-state index in [2.05, 4.69) is 0 Å². The first kappa shape index (κ1) is 16.4.